The number of nitrogens with one attached hydrogen (secondary N) is 2. The molecule has 4 aromatic carbocycles. The van der Waals surface area contributed by atoms with Crippen molar-refractivity contribution in [2.75, 3.05) is 22.0 Å². The largest absolute Gasteiger partial charge is 0.316 e. The third kappa shape index (κ3) is 5.36. The number of hydrogen-bond donors (Lipinski definition) is 2. The fourth-order valence-corrected chi connectivity index (χ4v) is 5.16. The molecule has 0 unspecified atom stereocenters. The van der Waals surface area contributed by atoms with E-state index in [4.69, 9.17) is 0 Å². The van der Waals surface area contributed by atoms with Crippen LogP contribution in [0.1, 0.15) is 17.3 Å². The highest BCUT2D eigenvalue weighted by molar-refractivity contribution is 7.92. The number of fused-ring (bicyclic) bond motifs is 1. The van der Waals surface area contributed by atoms with Crippen molar-refractivity contribution in [3.05, 3.63) is 109 Å². The monoisotopic (exact) mass is 539 g/mol. The van der Waals surface area contributed by atoms with Gasteiger partial charge in [-0.1, -0.05) is 42.5 Å². The molecule has 0 aliphatic rings. The number of nitrogens with zero attached hydrogens (tertiary/aromatic N) is 3. The van der Waals surface area contributed by atoms with Crippen LogP contribution in [0.3, 0.4) is 0 Å². The summed E-state index contributed by atoms with van der Waals surface area (Å²) in [5, 5.41) is 2.86. The summed E-state index contributed by atoms with van der Waals surface area (Å²) >= 11 is 0. The van der Waals surface area contributed by atoms with Crippen molar-refractivity contribution in [3.8, 4) is 5.69 Å². The van der Waals surface area contributed by atoms with E-state index < -0.39 is 15.9 Å². The van der Waals surface area contributed by atoms with Gasteiger partial charge in [-0.3, -0.25) is 24.2 Å². The van der Waals surface area contributed by atoms with Gasteiger partial charge in [0.15, 0.2) is 0 Å². The number of hydrogen-bond acceptors (Lipinski definition) is 5. The summed E-state index contributed by atoms with van der Waals surface area (Å²) in [5.41, 5.74) is 3.27. The highest BCUT2D eigenvalue weighted by Crippen LogP contribution is 2.28. The van der Waals surface area contributed by atoms with E-state index in [9.17, 15) is 18.0 Å². The van der Waals surface area contributed by atoms with Gasteiger partial charge in [0.25, 0.3) is 15.9 Å². The minimum atomic E-state index is -3.82. The van der Waals surface area contributed by atoms with Crippen molar-refractivity contribution in [1.29, 1.82) is 0 Å². The second-order valence-corrected chi connectivity index (χ2v) is 10.5. The van der Waals surface area contributed by atoms with Crippen LogP contribution < -0.4 is 14.9 Å². The van der Waals surface area contributed by atoms with Crippen LogP contribution in [0.5, 0.6) is 0 Å². The maximum Gasteiger partial charge on any atom is 0.261 e. The van der Waals surface area contributed by atoms with Gasteiger partial charge >= 0.3 is 0 Å². The minimum Gasteiger partial charge on any atom is -0.316 e. The van der Waals surface area contributed by atoms with Gasteiger partial charge in [-0.15, -0.1) is 0 Å². The number of imidazole rings is 1. The highest BCUT2D eigenvalue weighted by atomic mass is 32.2. The lowest BCUT2D eigenvalue weighted by molar-refractivity contribution is -0.116. The van der Waals surface area contributed by atoms with E-state index in [2.05, 4.69) is 15.0 Å². The lowest BCUT2D eigenvalue weighted by atomic mass is 10.2. The van der Waals surface area contributed by atoms with Crippen molar-refractivity contribution in [1.82, 2.24) is 9.55 Å². The molecule has 2 amide bonds. The normalized spacial score (nSPS) is 11.2. The predicted molar refractivity (Wildman–Crippen MR) is 152 cm³/mol. The van der Waals surface area contributed by atoms with Gasteiger partial charge in [-0.25, -0.2) is 13.4 Å². The predicted octanol–water partition coefficient (Wildman–Crippen LogP) is 5.06. The number of rotatable bonds is 7. The maximum absolute atomic E-state index is 13.3. The standard InChI is InChI=1S/C29H25N5O4S/c1-20(35)33(2)24-16-17-27-26(19-24)30-29(34(27)23-12-5-3-6-13-23)31-28(36)21-10-9-11-22(18-21)32-39(37,38)25-14-7-4-8-15-25/h3-19,32H,1-2H3,(H,30,31,36). The summed E-state index contributed by atoms with van der Waals surface area (Å²) < 4.78 is 29.8. The Bertz CT molecular complexity index is 1790. The molecule has 0 bridgehead atoms. The van der Waals surface area contributed by atoms with E-state index in [1.807, 2.05) is 47.0 Å². The van der Waals surface area contributed by atoms with Crippen LogP contribution in [0.2, 0.25) is 0 Å². The third-order valence-corrected chi connectivity index (χ3v) is 7.57. The van der Waals surface area contributed by atoms with Crippen molar-refractivity contribution in [2.45, 2.75) is 11.8 Å². The molecule has 0 aliphatic heterocycles. The van der Waals surface area contributed by atoms with E-state index >= 15 is 0 Å². The maximum atomic E-state index is 13.3. The smallest absolute Gasteiger partial charge is 0.261 e. The van der Waals surface area contributed by atoms with Gasteiger partial charge in [0, 0.05) is 36.6 Å². The lowest BCUT2D eigenvalue weighted by Gasteiger charge is -2.15. The molecular weight excluding hydrogens is 514 g/mol. The zero-order valence-electron chi connectivity index (χ0n) is 21.2. The number of amides is 2. The Kier molecular flexibility index (Phi) is 6.86. The third-order valence-electron chi connectivity index (χ3n) is 6.17. The first-order valence-electron chi connectivity index (χ1n) is 12.0. The first kappa shape index (κ1) is 25.7. The second-order valence-electron chi connectivity index (χ2n) is 8.81. The van der Waals surface area contributed by atoms with Crippen molar-refractivity contribution >= 4 is 50.2 Å². The molecule has 0 radical (unpaired) electrons. The molecule has 0 aliphatic carbocycles. The van der Waals surface area contributed by atoms with Crippen molar-refractivity contribution in [3.63, 3.8) is 0 Å². The molecule has 5 rings (SSSR count). The van der Waals surface area contributed by atoms with Crippen LogP contribution in [-0.4, -0.2) is 36.8 Å². The molecule has 0 saturated carbocycles. The Morgan fingerprint density at radius 3 is 2.23 bits per heavy atom. The molecule has 5 aromatic rings. The summed E-state index contributed by atoms with van der Waals surface area (Å²) in [4.78, 5) is 31.5. The zero-order chi connectivity index (χ0) is 27.6. The van der Waals surface area contributed by atoms with Gasteiger partial charge in [0.05, 0.1) is 15.9 Å². The van der Waals surface area contributed by atoms with Crippen LogP contribution in [-0.2, 0) is 14.8 Å². The number of anilines is 3. The van der Waals surface area contributed by atoms with E-state index in [0.29, 0.717) is 11.2 Å². The first-order valence-corrected chi connectivity index (χ1v) is 13.5. The van der Waals surface area contributed by atoms with Gasteiger partial charge < -0.3 is 4.90 Å². The average Bonchev–Trinajstić information content (AvgIpc) is 3.30. The van der Waals surface area contributed by atoms with Crippen LogP contribution in [0.15, 0.2) is 108 Å². The molecule has 1 heterocycles. The first-order chi connectivity index (χ1) is 18.7. The van der Waals surface area contributed by atoms with Crippen LogP contribution in [0, 0.1) is 0 Å². The summed E-state index contributed by atoms with van der Waals surface area (Å²) in [6.45, 7) is 1.48. The molecule has 2 N–H and O–H groups in total. The Morgan fingerprint density at radius 1 is 0.846 bits per heavy atom. The Labute approximate surface area is 225 Å². The summed E-state index contributed by atoms with van der Waals surface area (Å²) in [6.07, 6.45) is 0. The Balaban J connectivity index is 1.48. The molecule has 196 valence electrons. The van der Waals surface area contributed by atoms with Crippen LogP contribution in [0.25, 0.3) is 16.7 Å². The molecule has 0 atom stereocenters. The highest BCUT2D eigenvalue weighted by Gasteiger charge is 2.19. The van der Waals surface area contributed by atoms with Crippen LogP contribution >= 0.6 is 0 Å². The minimum absolute atomic E-state index is 0.117. The second kappa shape index (κ2) is 10.4. The van der Waals surface area contributed by atoms with Gasteiger partial charge in [0.2, 0.25) is 11.9 Å². The number of carbonyl (C=O) groups excluding carboxylic acids is 2. The lowest BCUT2D eigenvalue weighted by Crippen LogP contribution is -2.22. The Morgan fingerprint density at radius 2 is 1.54 bits per heavy atom. The molecule has 39 heavy (non-hydrogen) atoms. The van der Waals surface area contributed by atoms with Gasteiger partial charge in [0.1, 0.15) is 0 Å². The number of carbonyl (C=O) groups is 2. The van der Waals surface area contributed by atoms with Gasteiger partial charge in [-0.2, -0.15) is 0 Å². The quantitative estimate of drug-likeness (QED) is 0.300. The molecule has 0 fully saturated rings. The Hall–Kier alpha value is -4.96. The summed E-state index contributed by atoms with van der Waals surface area (Å²) in [6, 6.07) is 29.1. The van der Waals surface area contributed by atoms with Crippen LogP contribution in [0.4, 0.5) is 17.3 Å². The van der Waals surface area contributed by atoms with Crippen molar-refractivity contribution in [2.24, 2.45) is 0 Å². The SMILES string of the molecule is CC(=O)N(C)c1ccc2c(c1)nc(NC(=O)c1cccc(NS(=O)(=O)c3ccccc3)c1)n2-c1ccccc1. The van der Waals surface area contributed by atoms with Crippen molar-refractivity contribution < 1.29 is 18.0 Å². The molecule has 9 nitrogen and oxygen atoms in total. The number of sulfonamides is 1. The summed E-state index contributed by atoms with van der Waals surface area (Å²) in [5.74, 6) is -0.309. The van der Waals surface area contributed by atoms with E-state index in [1.54, 1.807) is 49.5 Å². The number of benzene rings is 4. The fourth-order valence-electron chi connectivity index (χ4n) is 4.09. The van der Waals surface area contributed by atoms with Gasteiger partial charge in [-0.05, 0) is 60.7 Å². The van der Waals surface area contributed by atoms with E-state index in [-0.39, 0.29) is 28.0 Å². The molecule has 0 spiro atoms. The summed E-state index contributed by atoms with van der Waals surface area (Å²) in [7, 11) is -2.14. The topological polar surface area (TPSA) is 113 Å². The fraction of sp³-hybridized carbons (Fsp3) is 0.0690. The molecule has 1 aromatic heterocycles. The molecular formula is C29H25N5O4S. The number of aromatic nitrogens is 2. The molecule has 0 saturated heterocycles. The van der Waals surface area contributed by atoms with E-state index in [1.165, 1.54) is 30.0 Å². The number of para-hydroxylation sites is 1. The molecule has 10 heteroatoms. The zero-order valence-corrected chi connectivity index (χ0v) is 22.0. The average molecular weight is 540 g/mol. The van der Waals surface area contributed by atoms with E-state index in [0.717, 1.165) is 11.2 Å².